The van der Waals surface area contributed by atoms with Crippen LogP contribution in [0.15, 0.2) is 66.7 Å². The quantitative estimate of drug-likeness (QED) is 0.603. The van der Waals surface area contributed by atoms with Crippen LogP contribution in [0, 0.1) is 0 Å². The van der Waals surface area contributed by atoms with Crippen molar-refractivity contribution in [3.8, 4) is 0 Å². The molecule has 0 aliphatic heterocycles. The summed E-state index contributed by atoms with van der Waals surface area (Å²) in [7, 11) is 0. The van der Waals surface area contributed by atoms with E-state index in [9.17, 15) is 0 Å². The molecule has 2 N–H and O–H groups in total. The SMILES string of the molecule is c1ccc(Nc2cccc(Nc3ccc4nnnn4n3)c2)cc1. The summed E-state index contributed by atoms with van der Waals surface area (Å²) in [4.78, 5) is 0. The van der Waals surface area contributed by atoms with Gasteiger partial charge in [-0.25, -0.2) is 0 Å². The standard InChI is InChI=1S/C16H13N7/c1-2-5-12(6-3-1)17-13-7-4-8-14(11-13)18-15-9-10-16-19-21-22-23(16)20-15/h1-11,17H,(H,18,20). The second-order valence-corrected chi connectivity index (χ2v) is 4.94. The van der Waals surface area contributed by atoms with E-state index in [1.54, 1.807) is 6.07 Å². The number of nitrogens with one attached hydrogen (secondary N) is 2. The monoisotopic (exact) mass is 303 g/mol. The third kappa shape index (κ3) is 2.93. The van der Waals surface area contributed by atoms with E-state index >= 15 is 0 Å². The average Bonchev–Trinajstić information content (AvgIpc) is 3.04. The molecule has 4 rings (SSSR count). The van der Waals surface area contributed by atoms with Gasteiger partial charge in [0.15, 0.2) is 11.5 Å². The second-order valence-electron chi connectivity index (χ2n) is 4.94. The van der Waals surface area contributed by atoms with E-state index in [1.807, 2.05) is 60.7 Å². The molecule has 0 radical (unpaired) electrons. The molecule has 2 aromatic heterocycles. The van der Waals surface area contributed by atoms with E-state index in [1.165, 1.54) is 4.63 Å². The fraction of sp³-hybridized carbons (Fsp3) is 0. The number of para-hydroxylation sites is 1. The summed E-state index contributed by atoms with van der Waals surface area (Å²) in [5.74, 6) is 0.668. The van der Waals surface area contributed by atoms with Crippen molar-refractivity contribution in [2.75, 3.05) is 10.6 Å². The Balaban J connectivity index is 1.56. The zero-order chi connectivity index (χ0) is 15.5. The van der Waals surface area contributed by atoms with Crippen LogP contribution in [0.25, 0.3) is 5.65 Å². The summed E-state index contributed by atoms with van der Waals surface area (Å²) in [5.41, 5.74) is 3.56. The van der Waals surface area contributed by atoms with Crippen LogP contribution in [0.3, 0.4) is 0 Å². The number of benzene rings is 2. The largest absolute Gasteiger partial charge is 0.355 e. The van der Waals surface area contributed by atoms with Crippen LogP contribution in [-0.4, -0.2) is 25.3 Å². The highest BCUT2D eigenvalue weighted by Crippen LogP contribution is 2.22. The van der Waals surface area contributed by atoms with Crippen LogP contribution in [0.4, 0.5) is 22.9 Å². The van der Waals surface area contributed by atoms with Crippen LogP contribution >= 0.6 is 0 Å². The molecule has 112 valence electrons. The third-order valence-electron chi connectivity index (χ3n) is 3.27. The predicted molar refractivity (Wildman–Crippen MR) is 88.0 cm³/mol. The molecule has 0 atom stereocenters. The number of hydrogen-bond donors (Lipinski definition) is 2. The van der Waals surface area contributed by atoms with Crippen molar-refractivity contribution < 1.29 is 0 Å². The first-order valence-corrected chi connectivity index (χ1v) is 7.11. The average molecular weight is 303 g/mol. The molecule has 7 heteroatoms. The molecule has 0 fully saturated rings. The van der Waals surface area contributed by atoms with Gasteiger partial charge in [-0.15, -0.1) is 14.8 Å². The summed E-state index contributed by atoms with van der Waals surface area (Å²) in [6.07, 6.45) is 0. The van der Waals surface area contributed by atoms with Crippen molar-refractivity contribution in [2.45, 2.75) is 0 Å². The molecule has 0 unspecified atom stereocenters. The highest BCUT2D eigenvalue weighted by molar-refractivity contribution is 5.67. The predicted octanol–water partition coefficient (Wildman–Crippen LogP) is 3.01. The number of anilines is 4. The molecule has 23 heavy (non-hydrogen) atoms. The van der Waals surface area contributed by atoms with Gasteiger partial charge < -0.3 is 10.6 Å². The van der Waals surface area contributed by atoms with Gasteiger partial charge in [0.05, 0.1) is 0 Å². The first-order chi connectivity index (χ1) is 11.4. The number of fused-ring (bicyclic) bond motifs is 1. The summed E-state index contributed by atoms with van der Waals surface area (Å²) in [6, 6.07) is 21.6. The Morgan fingerprint density at radius 1 is 0.739 bits per heavy atom. The fourth-order valence-electron chi connectivity index (χ4n) is 2.23. The van der Waals surface area contributed by atoms with Crippen LogP contribution in [-0.2, 0) is 0 Å². The molecule has 4 aromatic rings. The Morgan fingerprint density at radius 2 is 1.52 bits per heavy atom. The van der Waals surface area contributed by atoms with Gasteiger partial charge in [0.2, 0.25) is 0 Å². The number of nitrogens with zero attached hydrogens (tertiary/aromatic N) is 5. The van der Waals surface area contributed by atoms with Crippen molar-refractivity contribution in [2.24, 2.45) is 0 Å². The Morgan fingerprint density at radius 3 is 2.39 bits per heavy atom. The first-order valence-electron chi connectivity index (χ1n) is 7.11. The zero-order valence-electron chi connectivity index (χ0n) is 12.1. The highest BCUT2D eigenvalue weighted by Gasteiger charge is 2.02. The maximum Gasteiger partial charge on any atom is 0.200 e. The van der Waals surface area contributed by atoms with Crippen molar-refractivity contribution in [1.29, 1.82) is 0 Å². The van der Waals surface area contributed by atoms with Crippen molar-refractivity contribution in [1.82, 2.24) is 25.3 Å². The van der Waals surface area contributed by atoms with Gasteiger partial charge in [-0.2, -0.15) is 0 Å². The Kier molecular flexibility index (Phi) is 3.28. The minimum atomic E-state index is 0.607. The number of tetrazole rings is 1. The summed E-state index contributed by atoms with van der Waals surface area (Å²) < 4.78 is 1.38. The topological polar surface area (TPSA) is 80.0 Å². The van der Waals surface area contributed by atoms with Crippen molar-refractivity contribution in [3.63, 3.8) is 0 Å². The van der Waals surface area contributed by atoms with Gasteiger partial charge in [0.25, 0.3) is 0 Å². The van der Waals surface area contributed by atoms with E-state index < -0.39 is 0 Å². The first kappa shape index (κ1) is 13.2. The number of aromatic nitrogens is 5. The molecular weight excluding hydrogens is 290 g/mol. The van der Waals surface area contributed by atoms with Gasteiger partial charge in [-0.05, 0) is 52.9 Å². The third-order valence-corrected chi connectivity index (χ3v) is 3.27. The van der Waals surface area contributed by atoms with Gasteiger partial charge in [0, 0.05) is 17.1 Å². The Bertz CT molecular complexity index is 933. The number of hydrogen-bond acceptors (Lipinski definition) is 6. The van der Waals surface area contributed by atoms with Gasteiger partial charge in [-0.3, -0.25) is 0 Å². The fourth-order valence-corrected chi connectivity index (χ4v) is 2.23. The summed E-state index contributed by atoms with van der Waals surface area (Å²) in [6.45, 7) is 0. The van der Waals surface area contributed by atoms with E-state index in [2.05, 4.69) is 31.3 Å². The van der Waals surface area contributed by atoms with E-state index in [0.29, 0.717) is 11.5 Å². The van der Waals surface area contributed by atoms with Crippen LogP contribution in [0.5, 0.6) is 0 Å². The second kappa shape index (κ2) is 5.72. The van der Waals surface area contributed by atoms with Crippen molar-refractivity contribution in [3.05, 3.63) is 66.7 Å². The molecule has 2 heterocycles. The molecule has 0 saturated heterocycles. The lowest BCUT2D eigenvalue weighted by molar-refractivity contribution is 0.736. The summed E-state index contributed by atoms with van der Waals surface area (Å²) in [5, 5.41) is 22.1. The highest BCUT2D eigenvalue weighted by atomic mass is 15.6. The lowest BCUT2D eigenvalue weighted by atomic mass is 10.2. The maximum absolute atomic E-state index is 4.29. The maximum atomic E-state index is 4.29. The minimum Gasteiger partial charge on any atom is -0.355 e. The molecule has 0 spiro atoms. The van der Waals surface area contributed by atoms with Gasteiger partial charge in [0.1, 0.15) is 0 Å². The molecular formula is C16H13N7. The summed E-state index contributed by atoms with van der Waals surface area (Å²) >= 11 is 0. The molecule has 0 aliphatic carbocycles. The van der Waals surface area contributed by atoms with Gasteiger partial charge in [-0.1, -0.05) is 24.3 Å². The van der Waals surface area contributed by atoms with E-state index in [4.69, 9.17) is 0 Å². The molecule has 7 nitrogen and oxygen atoms in total. The minimum absolute atomic E-state index is 0.607. The van der Waals surface area contributed by atoms with Gasteiger partial charge >= 0.3 is 0 Å². The Hall–Kier alpha value is -3.48. The van der Waals surface area contributed by atoms with E-state index in [0.717, 1.165) is 17.1 Å². The molecule has 0 aliphatic rings. The van der Waals surface area contributed by atoms with Crippen LogP contribution in [0.2, 0.25) is 0 Å². The molecule has 0 amide bonds. The van der Waals surface area contributed by atoms with Crippen LogP contribution < -0.4 is 10.6 Å². The lowest BCUT2D eigenvalue weighted by Crippen LogP contribution is -2.00. The van der Waals surface area contributed by atoms with Crippen molar-refractivity contribution >= 4 is 28.5 Å². The Labute approximate surface area is 132 Å². The molecule has 0 saturated carbocycles. The normalized spacial score (nSPS) is 10.6. The van der Waals surface area contributed by atoms with Crippen LogP contribution in [0.1, 0.15) is 0 Å². The molecule has 2 aromatic carbocycles. The van der Waals surface area contributed by atoms with E-state index in [-0.39, 0.29) is 0 Å². The number of rotatable bonds is 4. The smallest absolute Gasteiger partial charge is 0.200 e. The lowest BCUT2D eigenvalue weighted by Gasteiger charge is -2.09. The molecule has 0 bridgehead atoms. The zero-order valence-corrected chi connectivity index (χ0v) is 12.1.